The highest BCUT2D eigenvalue weighted by molar-refractivity contribution is 5.47. The second kappa shape index (κ2) is 4.72. The van der Waals surface area contributed by atoms with Crippen LogP contribution in [0.25, 0.3) is 0 Å². The Morgan fingerprint density at radius 2 is 2.15 bits per heavy atom. The molecule has 0 amide bonds. The van der Waals surface area contributed by atoms with E-state index in [1.54, 1.807) is 6.07 Å². The molecule has 1 aromatic rings. The van der Waals surface area contributed by atoms with Crippen LogP contribution < -0.4 is 10.5 Å². The Morgan fingerprint density at radius 3 is 2.85 bits per heavy atom. The van der Waals surface area contributed by atoms with Gasteiger partial charge in [-0.25, -0.2) is 0 Å². The van der Waals surface area contributed by atoms with E-state index in [1.807, 2.05) is 26.0 Å². The van der Waals surface area contributed by atoms with Gasteiger partial charge in [0, 0.05) is 18.4 Å². The molecule has 13 heavy (non-hydrogen) atoms. The van der Waals surface area contributed by atoms with Crippen LogP contribution in [-0.2, 0) is 4.74 Å². The van der Waals surface area contributed by atoms with Crippen LogP contribution in [0.1, 0.15) is 12.5 Å². The number of nitrogen functional groups attached to an aromatic ring is 1. The lowest BCUT2D eigenvalue weighted by Gasteiger charge is -2.08. The molecule has 0 atom stereocenters. The average molecular weight is 181 g/mol. The Kier molecular flexibility index (Phi) is 3.58. The predicted octanol–water partition coefficient (Wildman–Crippen LogP) is 1.95. The summed E-state index contributed by atoms with van der Waals surface area (Å²) in [6.45, 7) is 4.83. The largest absolute Gasteiger partial charge is 0.467 e. The summed E-state index contributed by atoms with van der Waals surface area (Å²) in [5.41, 5.74) is 7.38. The van der Waals surface area contributed by atoms with Crippen LogP contribution >= 0.6 is 0 Å². The van der Waals surface area contributed by atoms with Crippen molar-refractivity contribution in [1.29, 1.82) is 0 Å². The molecule has 0 aliphatic rings. The maximum Gasteiger partial charge on any atom is 0.189 e. The van der Waals surface area contributed by atoms with Gasteiger partial charge in [-0.2, -0.15) is 0 Å². The number of rotatable bonds is 4. The highest BCUT2D eigenvalue weighted by Gasteiger charge is 1.98. The van der Waals surface area contributed by atoms with Crippen molar-refractivity contribution in [3.05, 3.63) is 23.8 Å². The maximum atomic E-state index is 5.61. The fourth-order valence-electron chi connectivity index (χ4n) is 0.961. The van der Waals surface area contributed by atoms with Crippen molar-refractivity contribution in [3.63, 3.8) is 0 Å². The number of benzene rings is 1. The average Bonchev–Trinajstić information content (AvgIpc) is 2.11. The van der Waals surface area contributed by atoms with Gasteiger partial charge in [-0.3, -0.25) is 0 Å². The molecule has 2 N–H and O–H groups in total. The van der Waals surface area contributed by atoms with E-state index in [1.165, 1.54) is 0 Å². The highest BCUT2D eigenvalue weighted by atomic mass is 16.7. The van der Waals surface area contributed by atoms with Crippen LogP contribution in [0.4, 0.5) is 5.69 Å². The maximum absolute atomic E-state index is 5.61. The van der Waals surface area contributed by atoms with Crippen molar-refractivity contribution in [2.45, 2.75) is 13.8 Å². The molecule has 0 spiro atoms. The first-order valence-corrected chi connectivity index (χ1v) is 4.30. The van der Waals surface area contributed by atoms with E-state index >= 15 is 0 Å². The Hall–Kier alpha value is -1.22. The molecule has 0 heterocycles. The van der Waals surface area contributed by atoms with Crippen LogP contribution in [0.15, 0.2) is 18.2 Å². The zero-order valence-electron chi connectivity index (χ0n) is 8.04. The number of hydrogen-bond donors (Lipinski definition) is 1. The van der Waals surface area contributed by atoms with Crippen molar-refractivity contribution in [2.24, 2.45) is 0 Å². The molecule has 0 saturated carbocycles. The minimum absolute atomic E-state index is 0.279. The van der Waals surface area contributed by atoms with Gasteiger partial charge in [0.1, 0.15) is 5.75 Å². The normalized spacial score (nSPS) is 10.0. The lowest BCUT2D eigenvalue weighted by Crippen LogP contribution is -2.03. The topological polar surface area (TPSA) is 44.5 Å². The van der Waals surface area contributed by atoms with Crippen LogP contribution in [-0.4, -0.2) is 13.4 Å². The van der Waals surface area contributed by atoms with E-state index in [4.69, 9.17) is 15.2 Å². The quantitative estimate of drug-likeness (QED) is 0.438. The van der Waals surface area contributed by atoms with Gasteiger partial charge in [-0.1, -0.05) is 6.07 Å². The molecule has 0 radical (unpaired) electrons. The SMILES string of the molecule is CCOCOc1cc(N)ccc1C. The number of aryl methyl sites for hydroxylation is 1. The third kappa shape index (κ3) is 2.95. The first kappa shape index (κ1) is 9.86. The minimum Gasteiger partial charge on any atom is -0.467 e. The third-order valence-electron chi connectivity index (χ3n) is 1.71. The van der Waals surface area contributed by atoms with Gasteiger partial charge < -0.3 is 15.2 Å². The molecule has 1 rings (SSSR count). The molecule has 0 unspecified atom stereocenters. The van der Waals surface area contributed by atoms with Crippen molar-refractivity contribution in [2.75, 3.05) is 19.1 Å². The first-order valence-electron chi connectivity index (χ1n) is 4.30. The summed E-state index contributed by atoms with van der Waals surface area (Å²) < 4.78 is 10.4. The summed E-state index contributed by atoms with van der Waals surface area (Å²) >= 11 is 0. The molecule has 1 aromatic carbocycles. The Labute approximate surface area is 78.5 Å². The first-order chi connectivity index (χ1) is 6.24. The van der Waals surface area contributed by atoms with E-state index in [2.05, 4.69) is 0 Å². The van der Waals surface area contributed by atoms with Crippen molar-refractivity contribution < 1.29 is 9.47 Å². The second-order valence-corrected chi connectivity index (χ2v) is 2.78. The lowest BCUT2D eigenvalue weighted by atomic mass is 10.2. The van der Waals surface area contributed by atoms with Crippen LogP contribution in [0.3, 0.4) is 0 Å². The molecule has 0 aromatic heterocycles. The zero-order valence-corrected chi connectivity index (χ0v) is 8.04. The summed E-state index contributed by atoms with van der Waals surface area (Å²) in [5, 5.41) is 0. The molecule has 0 aliphatic heterocycles. The van der Waals surface area contributed by atoms with Gasteiger partial charge in [0.25, 0.3) is 0 Å². The smallest absolute Gasteiger partial charge is 0.189 e. The Bertz CT molecular complexity index is 274. The summed E-state index contributed by atoms with van der Waals surface area (Å²) in [7, 11) is 0. The van der Waals surface area contributed by atoms with Crippen molar-refractivity contribution >= 4 is 5.69 Å². The third-order valence-corrected chi connectivity index (χ3v) is 1.71. The molecule has 3 heteroatoms. The zero-order chi connectivity index (χ0) is 9.68. The number of ether oxygens (including phenoxy) is 2. The predicted molar refractivity (Wildman–Crippen MR) is 52.7 cm³/mol. The molecular weight excluding hydrogens is 166 g/mol. The molecule has 3 nitrogen and oxygen atoms in total. The van der Waals surface area contributed by atoms with Crippen molar-refractivity contribution in [3.8, 4) is 5.75 Å². The summed E-state index contributed by atoms with van der Waals surface area (Å²) in [5.74, 6) is 0.786. The molecular formula is C10H15NO2. The molecule has 0 aliphatic carbocycles. The van der Waals surface area contributed by atoms with Gasteiger partial charge in [-0.05, 0) is 25.5 Å². The number of nitrogens with two attached hydrogens (primary N) is 1. The van der Waals surface area contributed by atoms with Gasteiger partial charge in [-0.15, -0.1) is 0 Å². The van der Waals surface area contributed by atoms with Crippen LogP contribution in [0, 0.1) is 6.92 Å². The Balaban J connectivity index is 2.59. The molecule has 0 bridgehead atoms. The fourth-order valence-corrected chi connectivity index (χ4v) is 0.961. The summed E-state index contributed by atoms with van der Waals surface area (Å²) in [6.07, 6.45) is 0. The number of hydrogen-bond acceptors (Lipinski definition) is 3. The second-order valence-electron chi connectivity index (χ2n) is 2.78. The summed E-state index contributed by atoms with van der Waals surface area (Å²) in [6, 6.07) is 5.58. The molecule has 72 valence electrons. The van der Waals surface area contributed by atoms with Crippen LogP contribution in [0.5, 0.6) is 5.75 Å². The van der Waals surface area contributed by atoms with E-state index in [0.29, 0.717) is 12.3 Å². The highest BCUT2D eigenvalue weighted by Crippen LogP contribution is 2.20. The van der Waals surface area contributed by atoms with Crippen molar-refractivity contribution in [1.82, 2.24) is 0 Å². The van der Waals surface area contributed by atoms with E-state index < -0.39 is 0 Å². The molecule has 0 saturated heterocycles. The van der Waals surface area contributed by atoms with Gasteiger partial charge >= 0.3 is 0 Å². The fraction of sp³-hybridized carbons (Fsp3) is 0.400. The van der Waals surface area contributed by atoms with E-state index in [0.717, 1.165) is 11.3 Å². The minimum atomic E-state index is 0.279. The van der Waals surface area contributed by atoms with E-state index in [-0.39, 0.29) is 6.79 Å². The van der Waals surface area contributed by atoms with Crippen LogP contribution in [0.2, 0.25) is 0 Å². The van der Waals surface area contributed by atoms with Gasteiger partial charge in [0.05, 0.1) is 0 Å². The Morgan fingerprint density at radius 1 is 1.38 bits per heavy atom. The van der Waals surface area contributed by atoms with Gasteiger partial charge in [0.15, 0.2) is 6.79 Å². The van der Waals surface area contributed by atoms with E-state index in [9.17, 15) is 0 Å². The number of anilines is 1. The lowest BCUT2D eigenvalue weighted by molar-refractivity contribution is 0.0220. The standard InChI is InChI=1S/C10H15NO2/c1-3-12-7-13-10-6-9(11)5-4-8(10)2/h4-6H,3,7,11H2,1-2H3. The monoisotopic (exact) mass is 181 g/mol. The van der Waals surface area contributed by atoms with Gasteiger partial charge in [0.2, 0.25) is 0 Å². The summed E-state index contributed by atoms with van der Waals surface area (Å²) in [4.78, 5) is 0. The molecule has 0 fully saturated rings.